The van der Waals surface area contributed by atoms with E-state index in [4.69, 9.17) is 14.9 Å². The molecule has 0 aromatic heterocycles. The Hall–Kier alpha value is -4.03. The molecule has 6 N–H and O–H groups in total. The summed E-state index contributed by atoms with van der Waals surface area (Å²) in [5, 5.41) is 41.8. The number of aromatic hydroxyl groups is 1. The molecule has 10 nitrogen and oxygen atoms in total. The van der Waals surface area contributed by atoms with Crippen LogP contribution in [0.2, 0.25) is 0 Å². The lowest BCUT2D eigenvalue weighted by Gasteiger charge is -2.29. The number of amides is 1. The number of phenols is 1. The van der Waals surface area contributed by atoms with Crippen molar-refractivity contribution in [3.05, 3.63) is 65.2 Å². The van der Waals surface area contributed by atoms with Crippen LogP contribution in [0.15, 0.2) is 42.5 Å². The normalized spacial score (nSPS) is 13.6. The van der Waals surface area contributed by atoms with Crippen molar-refractivity contribution in [2.45, 2.75) is 31.9 Å². The Labute approximate surface area is 204 Å². The number of carbonyl (C=O) groups is 3. The van der Waals surface area contributed by atoms with Gasteiger partial charge in [-0.2, -0.15) is 0 Å². The molecule has 0 radical (unpaired) electrons. The second-order valence-corrected chi connectivity index (χ2v) is 8.49. The molecule has 2 aromatic rings. The van der Waals surface area contributed by atoms with Gasteiger partial charge in [0.25, 0.3) is 5.91 Å². The number of β-amino-alcohol motifs (C(OH)–C–C–N with tert-alkyl or cyclic N) is 1. The molecule has 1 heterocycles. The minimum Gasteiger partial charge on any atom is -0.508 e. The van der Waals surface area contributed by atoms with Crippen LogP contribution in [0.5, 0.6) is 11.5 Å². The molecule has 1 amide bonds. The highest BCUT2D eigenvalue weighted by atomic mass is 19.1. The first kappa shape index (κ1) is 28.2. The number of fused-ring (bicyclic) bond motifs is 1. The molecule has 0 saturated carbocycles. The fourth-order valence-corrected chi connectivity index (χ4v) is 3.37. The standard InChI is InChI=1S/C20H22F2N2O4.C4H4O4/c1-20(2,8-11-3-12(21)5-13(22)4-11)23-9-17(26)15-6-14(25)7-16-19(15)28-10-18(27)24-16;5-3(6)1-2-4(7)8/h3-7,17,23,25-26H,8-10H2,1-2H3,(H,24,27);1-2H,(H,5,6)(H,7,8)/b;2-1-/t17-;/m0./s1. The van der Waals surface area contributed by atoms with Crippen LogP contribution < -0.4 is 15.4 Å². The Morgan fingerprint density at radius 3 is 2.25 bits per heavy atom. The number of aliphatic carboxylic acids is 2. The molecule has 2 aromatic carbocycles. The van der Waals surface area contributed by atoms with Crippen LogP contribution in [0, 0.1) is 11.6 Å². The Bertz CT molecular complexity index is 1130. The number of aliphatic hydroxyl groups is 1. The lowest BCUT2D eigenvalue weighted by atomic mass is 9.94. The number of aliphatic hydroxyl groups excluding tert-OH is 1. The Morgan fingerprint density at radius 2 is 1.69 bits per heavy atom. The Morgan fingerprint density at radius 1 is 1.11 bits per heavy atom. The maximum absolute atomic E-state index is 13.4. The second kappa shape index (κ2) is 12.1. The largest absolute Gasteiger partial charge is 0.508 e. The fraction of sp³-hybridized carbons (Fsp3) is 0.292. The molecule has 12 heteroatoms. The molecule has 1 atom stereocenters. The number of carboxylic acids is 2. The van der Waals surface area contributed by atoms with Gasteiger partial charge in [0.15, 0.2) is 6.61 Å². The van der Waals surface area contributed by atoms with Crippen molar-refractivity contribution < 1.29 is 48.3 Å². The smallest absolute Gasteiger partial charge is 0.328 e. The zero-order valence-electron chi connectivity index (χ0n) is 19.4. The van der Waals surface area contributed by atoms with E-state index in [1.54, 1.807) is 0 Å². The van der Waals surface area contributed by atoms with Gasteiger partial charge in [-0.05, 0) is 44.0 Å². The number of carbonyl (C=O) groups excluding carboxylic acids is 1. The van der Waals surface area contributed by atoms with E-state index in [-0.39, 0.29) is 24.8 Å². The van der Waals surface area contributed by atoms with Gasteiger partial charge < -0.3 is 35.8 Å². The van der Waals surface area contributed by atoms with Crippen molar-refractivity contribution in [2.24, 2.45) is 0 Å². The number of anilines is 1. The number of halogens is 2. The molecule has 1 aliphatic rings. The minimum atomic E-state index is -1.26. The molecule has 0 unspecified atom stereocenters. The summed E-state index contributed by atoms with van der Waals surface area (Å²) in [7, 11) is 0. The molecule has 36 heavy (non-hydrogen) atoms. The lowest BCUT2D eigenvalue weighted by molar-refractivity contribution is -0.134. The third-order valence-electron chi connectivity index (χ3n) is 4.79. The van der Waals surface area contributed by atoms with Gasteiger partial charge >= 0.3 is 11.9 Å². The van der Waals surface area contributed by atoms with Gasteiger partial charge in [0.1, 0.15) is 23.1 Å². The summed E-state index contributed by atoms with van der Waals surface area (Å²) in [5.41, 5.74) is 0.535. The second-order valence-electron chi connectivity index (χ2n) is 8.49. The molecule has 0 aliphatic carbocycles. The lowest BCUT2D eigenvalue weighted by Crippen LogP contribution is -2.43. The summed E-state index contributed by atoms with van der Waals surface area (Å²) in [4.78, 5) is 30.6. The number of nitrogens with one attached hydrogen (secondary N) is 2. The van der Waals surface area contributed by atoms with Crippen LogP contribution in [-0.4, -0.2) is 57.0 Å². The number of hydrogen-bond acceptors (Lipinski definition) is 7. The zero-order chi connectivity index (χ0) is 27.0. The van der Waals surface area contributed by atoms with E-state index in [9.17, 15) is 33.4 Å². The third-order valence-corrected chi connectivity index (χ3v) is 4.79. The molecule has 3 rings (SSSR count). The highest BCUT2D eigenvalue weighted by Gasteiger charge is 2.26. The SMILES string of the molecule is CC(C)(Cc1cc(F)cc(F)c1)NC[C@H](O)c1cc(O)cc2c1OCC(=O)N2.O=C(O)/C=C\C(=O)O. The summed E-state index contributed by atoms with van der Waals surface area (Å²) in [6.45, 7) is 3.61. The number of hydrogen-bond donors (Lipinski definition) is 6. The molecule has 1 aliphatic heterocycles. The van der Waals surface area contributed by atoms with Gasteiger partial charge in [0.2, 0.25) is 0 Å². The number of benzene rings is 2. The van der Waals surface area contributed by atoms with E-state index < -0.39 is 35.2 Å². The van der Waals surface area contributed by atoms with Crippen LogP contribution in [0.3, 0.4) is 0 Å². The van der Waals surface area contributed by atoms with E-state index >= 15 is 0 Å². The van der Waals surface area contributed by atoms with Crippen LogP contribution in [0.25, 0.3) is 0 Å². The van der Waals surface area contributed by atoms with E-state index in [2.05, 4.69) is 10.6 Å². The van der Waals surface area contributed by atoms with Gasteiger partial charge in [-0.25, -0.2) is 18.4 Å². The predicted octanol–water partition coefficient (Wildman–Crippen LogP) is 2.36. The van der Waals surface area contributed by atoms with Crippen molar-refractivity contribution in [1.29, 1.82) is 0 Å². The fourth-order valence-electron chi connectivity index (χ4n) is 3.37. The number of rotatable bonds is 8. The van der Waals surface area contributed by atoms with E-state index in [1.807, 2.05) is 13.8 Å². The molecule has 0 fully saturated rings. The van der Waals surface area contributed by atoms with E-state index in [0.29, 0.717) is 41.1 Å². The summed E-state index contributed by atoms with van der Waals surface area (Å²) in [5.74, 6) is -3.96. The van der Waals surface area contributed by atoms with Crippen molar-refractivity contribution in [3.63, 3.8) is 0 Å². The molecular weight excluding hydrogens is 482 g/mol. The monoisotopic (exact) mass is 508 g/mol. The number of ether oxygens (including phenoxy) is 1. The topological polar surface area (TPSA) is 165 Å². The summed E-state index contributed by atoms with van der Waals surface area (Å²) < 4.78 is 32.2. The number of carboxylic acid groups (broad SMARTS) is 2. The summed E-state index contributed by atoms with van der Waals surface area (Å²) in [6, 6.07) is 6.07. The number of phenolic OH excluding ortho intramolecular Hbond substituents is 1. The van der Waals surface area contributed by atoms with Crippen molar-refractivity contribution in [3.8, 4) is 11.5 Å². The maximum Gasteiger partial charge on any atom is 0.328 e. The molecular formula is C24H26F2N2O8. The minimum absolute atomic E-state index is 0.0952. The van der Waals surface area contributed by atoms with Gasteiger partial charge in [0.05, 0.1) is 11.8 Å². The van der Waals surface area contributed by atoms with Crippen LogP contribution in [0.4, 0.5) is 14.5 Å². The van der Waals surface area contributed by atoms with Gasteiger partial charge in [-0.3, -0.25) is 4.79 Å². The van der Waals surface area contributed by atoms with Crippen LogP contribution >= 0.6 is 0 Å². The van der Waals surface area contributed by atoms with E-state index in [0.717, 1.165) is 6.07 Å². The highest BCUT2D eigenvalue weighted by Crippen LogP contribution is 2.38. The zero-order valence-corrected chi connectivity index (χ0v) is 19.4. The van der Waals surface area contributed by atoms with Crippen LogP contribution in [-0.2, 0) is 20.8 Å². The average molecular weight is 508 g/mol. The maximum atomic E-state index is 13.4. The van der Waals surface area contributed by atoms with Gasteiger partial charge in [-0.1, -0.05) is 0 Å². The molecule has 0 spiro atoms. The predicted molar refractivity (Wildman–Crippen MR) is 124 cm³/mol. The molecule has 0 bridgehead atoms. The van der Waals surface area contributed by atoms with Gasteiger partial charge in [-0.15, -0.1) is 0 Å². The van der Waals surface area contributed by atoms with Gasteiger partial charge in [0, 0.05) is 41.9 Å². The van der Waals surface area contributed by atoms with Crippen LogP contribution in [0.1, 0.15) is 31.1 Å². The quantitative estimate of drug-likeness (QED) is 0.294. The third kappa shape index (κ3) is 8.96. The highest BCUT2D eigenvalue weighted by molar-refractivity contribution is 5.96. The first-order valence-electron chi connectivity index (χ1n) is 10.6. The Kier molecular flexibility index (Phi) is 9.47. The van der Waals surface area contributed by atoms with E-state index in [1.165, 1.54) is 24.3 Å². The summed E-state index contributed by atoms with van der Waals surface area (Å²) in [6.07, 6.45) is 0.406. The average Bonchev–Trinajstić information content (AvgIpc) is 2.74. The van der Waals surface area contributed by atoms with Crippen molar-refractivity contribution in [2.75, 3.05) is 18.5 Å². The Balaban J connectivity index is 0.000000493. The molecule has 0 saturated heterocycles. The first-order chi connectivity index (χ1) is 16.8. The summed E-state index contributed by atoms with van der Waals surface area (Å²) >= 11 is 0. The van der Waals surface area contributed by atoms with Crippen molar-refractivity contribution >= 4 is 23.5 Å². The first-order valence-corrected chi connectivity index (χ1v) is 10.6. The molecule has 194 valence electrons. The van der Waals surface area contributed by atoms with Crippen molar-refractivity contribution in [1.82, 2.24) is 5.32 Å².